The van der Waals surface area contributed by atoms with Crippen molar-refractivity contribution < 1.29 is 9.53 Å². The lowest BCUT2D eigenvalue weighted by Crippen LogP contribution is -2.20. The fourth-order valence-electron chi connectivity index (χ4n) is 0.842. The van der Waals surface area contributed by atoms with Crippen LogP contribution in [0.5, 0.6) is 0 Å². The first-order valence-corrected chi connectivity index (χ1v) is 4.94. The van der Waals surface area contributed by atoms with Crippen molar-refractivity contribution in [3.05, 3.63) is 0 Å². The molecule has 0 radical (unpaired) electrons. The number of esters is 1. The first kappa shape index (κ1) is 11.8. The number of rotatable bonds is 5. The minimum Gasteiger partial charge on any atom is -0.465 e. The van der Waals surface area contributed by atoms with Gasteiger partial charge in [-0.25, -0.2) is 0 Å². The Hall–Kier alpha value is -0.180. The zero-order valence-electron chi connectivity index (χ0n) is 8.04. The van der Waals surface area contributed by atoms with Gasteiger partial charge in [0.1, 0.15) is 0 Å². The van der Waals surface area contributed by atoms with Gasteiger partial charge in [-0.2, -0.15) is 12.6 Å². The van der Waals surface area contributed by atoms with Crippen LogP contribution in [0.1, 0.15) is 33.6 Å². The summed E-state index contributed by atoms with van der Waals surface area (Å²) in [7, 11) is 0. The second-order valence-corrected chi connectivity index (χ2v) is 3.94. The molecule has 72 valence electrons. The van der Waals surface area contributed by atoms with Gasteiger partial charge >= 0.3 is 5.97 Å². The molecule has 0 amide bonds. The van der Waals surface area contributed by atoms with E-state index in [-0.39, 0.29) is 11.2 Å². The number of hydrogen-bond donors (Lipinski definition) is 1. The Bertz CT molecular complexity index is 134. The largest absolute Gasteiger partial charge is 0.465 e. The number of carbonyl (C=O) groups is 1. The quantitative estimate of drug-likeness (QED) is 0.532. The summed E-state index contributed by atoms with van der Waals surface area (Å²) in [6.07, 6.45) is 1.65. The van der Waals surface area contributed by atoms with Crippen LogP contribution in [0.3, 0.4) is 0 Å². The van der Waals surface area contributed by atoms with Crippen LogP contribution in [0.15, 0.2) is 0 Å². The molecule has 0 aromatic rings. The molecule has 0 fully saturated rings. The van der Waals surface area contributed by atoms with Crippen molar-refractivity contribution >= 4 is 18.6 Å². The van der Waals surface area contributed by atoms with Crippen LogP contribution in [0.2, 0.25) is 0 Å². The van der Waals surface area contributed by atoms with E-state index in [1.165, 1.54) is 0 Å². The van der Waals surface area contributed by atoms with E-state index < -0.39 is 0 Å². The summed E-state index contributed by atoms with van der Waals surface area (Å²) >= 11 is 4.16. The fourth-order valence-corrected chi connectivity index (χ4v) is 1.34. The maximum Gasteiger partial charge on any atom is 0.318 e. The Morgan fingerprint density at radius 3 is 2.50 bits per heavy atom. The topological polar surface area (TPSA) is 26.3 Å². The average molecular weight is 190 g/mol. The molecule has 2 nitrogen and oxygen atoms in total. The Morgan fingerprint density at radius 2 is 2.08 bits per heavy atom. The van der Waals surface area contributed by atoms with Crippen LogP contribution < -0.4 is 0 Å². The third-order valence-corrected chi connectivity index (χ3v) is 1.84. The molecule has 0 aliphatic heterocycles. The molecule has 0 bridgehead atoms. The summed E-state index contributed by atoms with van der Waals surface area (Å²) in [6.45, 7) is 6.61. The highest BCUT2D eigenvalue weighted by atomic mass is 32.1. The lowest BCUT2D eigenvalue weighted by molar-refractivity contribution is -0.143. The van der Waals surface area contributed by atoms with E-state index in [4.69, 9.17) is 4.74 Å². The SMILES string of the molecule is CCCOC(=O)C(S)CC(C)C. The second kappa shape index (κ2) is 6.35. The third kappa shape index (κ3) is 5.47. The van der Waals surface area contributed by atoms with Crippen molar-refractivity contribution in [2.24, 2.45) is 5.92 Å². The van der Waals surface area contributed by atoms with E-state index in [0.717, 1.165) is 12.8 Å². The molecule has 0 aromatic heterocycles. The van der Waals surface area contributed by atoms with Gasteiger partial charge in [-0.05, 0) is 18.8 Å². The van der Waals surface area contributed by atoms with Gasteiger partial charge in [0.15, 0.2) is 0 Å². The lowest BCUT2D eigenvalue weighted by atomic mass is 10.1. The number of hydrogen-bond acceptors (Lipinski definition) is 3. The van der Waals surface area contributed by atoms with Crippen molar-refractivity contribution in [2.45, 2.75) is 38.9 Å². The summed E-state index contributed by atoms with van der Waals surface area (Å²) in [5.41, 5.74) is 0. The van der Waals surface area contributed by atoms with E-state index >= 15 is 0 Å². The smallest absolute Gasteiger partial charge is 0.318 e. The first-order chi connectivity index (χ1) is 5.57. The van der Waals surface area contributed by atoms with Crippen LogP contribution in [-0.4, -0.2) is 17.8 Å². The van der Waals surface area contributed by atoms with Gasteiger partial charge in [0.05, 0.1) is 11.9 Å². The van der Waals surface area contributed by atoms with Crippen LogP contribution in [-0.2, 0) is 9.53 Å². The van der Waals surface area contributed by atoms with Gasteiger partial charge in [0.25, 0.3) is 0 Å². The minimum absolute atomic E-state index is 0.186. The Kier molecular flexibility index (Phi) is 6.25. The van der Waals surface area contributed by atoms with E-state index in [1.807, 2.05) is 6.92 Å². The van der Waals surface area contributed by atoms with Gasteiger partial charge in [-0.1, -0.05) is 20.8 Å². The highest BCUT2D eigenvalue weighted by Crippen LogP contribution is 2.11. The molecular formula is C9H18O2S. The number of ether oxygens (including phenoxy) is 1. The van der Waals surface area contributed by atoms with E-state index in [0.29, 0.717) is 12.5 Å². The van der Waals surface area contributed by atoms with Gasteiger partial charge < -0.3 is 4.74 Å². The van der Waals surface area contributed by atoms with Gasteiger partial charge in [0, 0.05) is 0 Å². The van der Waals surface area contributed by atoms with Gasteiger partial charge in [-0.15, -0.1) is 0 Å². The standard InChI is InChI=1S/C9H18O2S/c1-4-5-11-9(10)8(12)6-7(2)3/h7-8,12H,4-6H2,1-3H3. The number of thiol groups is 1. The highest BCUT2D eigenvalue weighted by Gasteiger charge is 2.15. The molecule has 0 rings (SSSR count). The van der Waals surface area contributed by atoms with Crippen molar-refractivity contribution in [3.8, 4) is 0 Å². The summed E-state index contributed by atoms with van der Waals surface area (Å²) in [4.78, 5) is 11.1. The zero-order chi connectivity index (χ0) is 9.56. The number of carbonyl (C=O) groups excluding carboxylic acids is 1. The van der Waals surface area contributed by atoms with Crippen LogP contribution in [0, 0.1) is 5.92 Å². The molecule has 0 aliphatic rings. The molecule has 0 aromatic carbocycles. The summed E-state index contributed by atoms with van der Waals surface area (Å²) in [6, 6.07) is 0. The predicted octanol–water partition coefficient (Wildman–Crippen LogP) is 2.28. The van der Waals surface area contributed by atoms with Crippen molar-refractivity contribution in [2.75, 3.05) is 6.61 Å². The van der Waals surface area contributed by atoms with Crippen LogP contribution in [0.25, 0.3) is 0 Å². The molecule has 3 heteroatoms. The fraction of sp³-hybridized carbons (Fsp3) is 0.889. The molecule has 0 saturated heterocycles. The Balaban J connectivity index is 3.61. The first-order valence-electron chi connectivity index (χ1n) is 4.42. The molecule has 0 saturated carbocycles. The molecule has 0 spiro atoms. The molecule has 1 atom stereocenters. The van der Waals surface area contributed by atoms with Gasteiger partial charge in [0.2, 0.25) is 0 Å². The Labute approximate surface area is 80.1 Å². The zero-order valence-corrected chi connectivity index (χ0v) is 8.93. The maximum absolute atomic E-state index is 11.1. The normalized spacial score (nSPS) is 13.1. The van der Waals surface area contributed by atoms with Crippen molar-refractivity contribution in [3.63, 3.8) is 0 Å². The average Bonchev–Trinajstić information content (AvgIpc) is 1.98. The maximum atomic E-state index is 11.1. The second-order valence-electron chi connectivity index (χ2n) is 3.31. The molecule has 0 heterocycles. The molecular weight excluding hydrogens is 172 g/mol. The lowest BCUT2D eigenvalue weighted by Gasteiger charge is -2.11. The van der Waals surface area contributed by atoms with E-state index in [1.54, 1.807) is 0 Å². The Morgan fingerprint density at radius 1 is 1.50 bits per heavy atom. The van der Waals surface area contributed by atoms with Crippen molar-refractivity contribution in [1.29, 1.82) is 0 Å². The molecule has 0 aliphatic carbocycles. The predicted molar refractivity (Wildman–Crippen MR) is 53.5 cm³/mol. The summed E-state index contributed by atoms with van der Waals surface area (Å²) in [5.74, 6) is 0.301. The monoisotopic (exact) mass is 190 g/mol. The highest BCUT2D eigenvalue weighted by molar-refractivity contribution is 7.81. The molecule has 0 N–H and O–H groups in total. The van der Waals surface area contributed by atoms with Crippen LogP contribution >= 0.6 is 12.6 Å². The summed E-state index contributed by atoms with van der Waals surface area (Å²) < 4.78 is 4.94. The molecule has 12 heavy (non-hydrogen) atoms. The third-order valence-electron chi connectivity index (χ3n) is 1.42. The minimum atomic E-state index is -0.253. The van der Waals surface area contributed by atoms with Crippen molar-refractivity contribution in [1.82, 2.24) is 0 Å². The molecule has 1 unspecified atom stereocenters. The summed E-state index contributed by atoms with van der Waals surface area (Å²) in [5, 5.41) is -0.253. The van der Waals surface area contributed by atoms with Crippen LogP contribution in [0.4, 0.5) is 0 Å². The van der Waals surface area contributed by atoms with E-state index in [9.17, 15) is 4.79 Å². The van der Waals surface area contributed by atoms with Gasteiger partial charge in [-0.3, -0.25) is 4.79 Å². The van der Waals surface area contributed by atoms with E-state index in [2.05, 4.69) is 26.5 Å².